The molecule has 3 aliphatic rings. The van der Waals surface area contributed by atoms with Crippen LogP contribution in [-0.4, -0.2) is 20.7 Å². The molecule has 3 atom stereocenters. The summed E-state index contributed by atoms with van der Waals surface area (Å²) in [7, 11) is 0. The van der Waals surface area contributed by atoms with Crippen LogP contribution in [0.1, 0.15) is 56.0 Å². The monoisotopic (exact) mass is 490 g/mol. The van der Waals surface area contributed by atoms with E-state index in [1.807, 2.05) is 19.2 Å². The molecular weight excluding hydrogens is 463 g/mol. The van der Waals surface area contributed by atoms with Crippen molar-refractivity contribution in [2.45, 2.75) is 51.9 Å². The molecule has 0 saturated heterocycles. The van der Waals surface area contributed by atoms with Gasteiger partial charge in [-0.05, 0) is 67.4 Å². The second-order valence-electron chi connectivity index (χ2n) is 10.6. The number of pyridine rings is 1. The van der Waals surface area contributed by atoms with Crippen LogP contribution in [0.5, 0.6) is 0 Å². The Hall–Kier alpha value is -3.98. The maximum Gasteiger partial charge on any atom is 0.226 e. The van der Waals surface area contributed by atoms with Gasteiger partial charge in [0.05, 0.1) is 18.0 Å². The van der Waals surface area contributed by atoms with Crippen molar-refractivity contribution >= 4 is 11.4 Å². The van der Waals surface area contributed by atoms with Crippen molar-refractivity contribution in [1.82, 2.24) is 15.0 Å². The lowest BCUT2D eigenvalue weighted by Gasteiger charge is -2.46. The van der Waals surface area contributed by atoms with E-state index in [1.54, 1.807) is 24.4 Å². The number of rotatable bonds is 2. The molecule has 0 radical (unpaired) electrons. The molecule has 0 aliphatic heterocycles. The molecule has 0 N–H and O–H groups in total. The number of nitrogens with zero attached hydrogens (tertiary/aromatic N) is 4. The van der Waals surface area contributed by atoms with Gasteiger partial charge in [-0.2, -0.15) is 0 Å². The van der Waals surface area contributed by atoms with E-state index in [-0.39, 0.29) is 29.1 Å². The number of hydrogen-bond donors (Lipinski definition) is 0. The fraction of sp³-hybridized carbons (Fsp3) is 0.323. The van der Waals surface area contributed by atoms with Crippen molar-refractivity contribution in [1.29, 1.82) is 0 Å². The Labute approximate surface area is 216 Å². The SMILES string of the molecule is [C-]#[N+]C1=C[C@@]2(C)c3nc(-c4cncc5c4CCC=C5C)nc(-c4ccccc4F)c3CC[C@@H]2[C@@H](C)C1=O. The van der Waals surface area contributed by atoms with Crippen LogP contribution in [-0.2, 0) is 23.1 Å². The van der Waals surface area contributed by atoms with E-state index in [9.17, 15) is 4.79 Å². The van der Waals surface area contributed by atoms with Gasteiger partial charge in [0.2, 0.25) is 5.70 Å². The van der Waals surface area contributed by atoms with Gasteiger partial charge in [0.15, 0.2) is 11.6 Å². The first-order valence-electron chi connectivity index (χ1n) is 12.8. The number of Topliss-reactive ketones (excluding diaryl/α,β-unsaturated/α-hetero) is 1. The summed E-state index contributed by atoms with van der Waals surface area (Å²) >= 11 is 0. The second kappa shape index (κ2) is 8.55. The van der Waals surface area contributed by atoms with Crippen molar-refractivity contribution in [2.75, 3.05) is 0 Å². The quantitative estimate of drug-likeness (QED) is 0.383. The highest BCUT2D eigenvalue weighted by atomic mass is 19.1. The number of aromatic nitrogens is 3. The van der Waals surface area contributed by atoms with Crippen molar-refractivity contribution < 1.29 is 9.18 Å². The summed E-state index contributed by atoms with van der Waals surface area (Å²) < 4.78 is 15.2. The second-order valence-corrected chi connectivity index (χ2v) is 10.6. The molecule has 5 nitrogen and oxygen atoms in total. The smallest absolute Gasteiger partial charge is 0.226 e. The van der Waals surface area contributed by atoms with Crippen LogP contribution in [0.25, 0.3) is 33.1 Å². The normalized spacial score (nSPS) is 24.2. The third kappa shape index (κ3) is 3.48. The molecular formula is C31H27FN4O. The Morgan fingerprint density at radius 2 is 1.86 bits per heavy atom. The number of allylic oxidation sites excluding steroid dienone is 4. The van der Waals surface area contributed by atoms with Gasteiger partial charge < -0.3 is 4.79 Å². The number of hydrogen-bond acceptors (Lipinski definition) is 4. The van der Waals surface area contributed by atoms with Crippen LogP contribution in [0, 0.1) is 24.2 Å². The van der Waals surface area contributed by atoms with Crippen molar-refractivity contribution in [2.24, 2.45) is 11.8 Å². The van der Waals surface area contributed by atoms with Crippen LogP contribution >= 0.6 is 0 Å². The summed E-state index contributed by atoms with van der Waals surface area (Å²) in [6.45, 7) is 13.7. The lowest BCUT2D eigenvalue weighted by atomic mass is 9.58. The molecule has 0 saturated carbocycles. The van der Waals surface area contributed by atoms with Gasteiger partial charge in [-0.1, -0.05) is 38.1 Å². The first-order valence-corrected chi connectivity index (χ1v) is 12.8. The van der Waals surface area contributed by atoms with Crippen LogP contribution in [0.4, 0.5) is 4.39 Å². The van der Waals surface area contributed by atoms with Crippen molar-refractivity contribution in [3.63, 3.8) is 0 Å². The van der Waals surface area contributed by atoms with Crippen LogP contribution in [0.3, 0.4) is 0 Å². The minimum Gasteiger partial charge on any atom is -0.308 e. The largest absolute Gasteiger partial charge is 0.308 e. The van der Waals surface area contributed by atoms with Crippen LogP contribution in [0.15, 0.2) is 54.5 Å². The van der Waals surface area contributed by atoms with Gasteiger partial charge in [-0.3, -0.25) is 4.98 Å². The van der Waals surface area contributed by atoms with Gasteiger partial charge in [0, 0.05) is 40.4 Å². The Morgan fingerprint density at radius 1 is 1.08 bits per heavy atom. The third-order valence-corrected chi connectivity index (χ3v) is 8.52. The highest BCUT2D eigenvalue weighted by Gasteiger charge is 2.49. The zero-order chi connectivity index (χ0) is 25.9. The maximum absolute atomic E-state index is 15.2. The molecule has 6 rings (SSSR count). The van der Waals surface area contributed by atoms with Gasteiger partial charge in [-0.15, -0.1) is 0 Å². The summed E-state index contributed by atoms with van der Waals surface area (Å²) in [5.74, 6) is -0.213. The summed E-state index contributed by atoms with van der Waals surface area (Å²) in [6.07, 6.45) is 10.9. The van der Waals surface area contributed by atoms with Gasteiger partial charge in [-0.25, -0.2) is 19.2 Å². The van der Waals surface area contributed by atoms with Crippen molar-refractivity contribution in [3.8, 4) is 22.6 Å². The molecule has 0 spiro atoms. The maximum atomic E-state index is 15.2. The van der Waals surface area contributed by atoms with E-state index < -0.39 is 5.41 Å². The number of fused-ring (bicyclic) bond motifs is 4. The zero-order valence-electron chi connectivity index (χ0n) is 21.2. The molecule has 0 unspecified atom stereocenters. The molecule has 0 amide bonds. The van der Waals surface area contributed by atoms with E-state index >= 15 is 4.39 Å². The lowest BCUT2D eigenvalue weighted by Crippen LogP contribution is -2.46. The molecule has 2 aromatic heterocycles. The topological polar surface area (TPSA) is 60.1 Å². The number of carbonyl (C=O) groups is 1. The molecule has 6 heteroatoms. The number of benzene rings is 1. The van der Waals surface area contributed by atoms with Gasteiger partial charge in [0.1, 0.15) is 5.82 Å². The molecule has 2 heterocycles. The Bertz CT molecular complexity index is 1580. The highest BCUT2D eigenvalue weighted by Crippen LogP contribution is 2.51. The number of ketones is 1. The Balaban J connectivity index is 1.67. The summed E-state index contributed by atoms with van der Waals surface area (Å²) in [5, 5.41) is 0. The first-order chi connectivity index (χ1) is 17.8. The van der Waals surface area contributed by atoms with E-state index in [2.05, 4.69) is 29.8 Å². The fourth-order valence-electron chi connectivity index (χ4n) is 6.57. The molecule has 184 valence electrons. The number of halogens is 1. The van der Waals surface area contributed by atoms with E-state index in [0.717, 1.165) is 47.2 Å². The van der Waals surface area contributed by atoms with Gasteiger partial charge in [0.25, 0.3) is 0 Å². The van der Waals surface area contributed by atoms with Crippen molar-refractivity contribution in [3.05, 3.63) is 94.1 Å². The minimum atomic E-state index is -0.642. The molecule has 37 heavy (non-hydrogen) atoms. The van der Waals surface area contributed by atoms with Crippen LogP contribution < -0.4 is 0 Å². The van der Waals surface area contributed by atoms with E-state index in [0.29, 0.717) is 23.5 Å². The predicted octanol–water partition coefficient (Wildman–Crippen LogP) is 6.54. The summed E-state index contributed by atoms with van der Waals surface area (Å²) in [5.41, 5.74) is 6.49. The average molecular weight is 491 g/mol. The Morgan fingerprint density at radius 3 is 2.65 bits per heavy atom. The first kappa shape index (κ1) is 23.4. The molecule has 3 aromatic rings. The van der Waals surface area contributed by atoms with E-state index in [1.165, 1.54) is 11.6 Å². The third-order valence-electron chi connectivity index (χ3n) is 8.52. The predicted molar refractivity (Wildman–Crippen MR) is 141 cm³/mol. The summed E-state index contributed by atoms with van der Waals surface area (Å²) in [4.78, 5) is 31.2. The number of carbonyl (C=O) groups excluding carboxylic acids is 1. The highest BCUT2D eigenvalue weighted by molar-refractivity contribution is 6.00. The molecule has 3 aliphatic carbocycles. The molecule has 1 aromatic carbocycles. The molecule has 0 fully saturated rings. The minimum absolute atomic E-state index is 0.00205. The standard InChI is InChI=1S/C31H27FN4O/c1-17-8-7-10-19-22(17)15-34-16-23(19)30-35-27(20-9-5-6-11-25(20)32)21-12-13-24-18(2)28(37)26(33-4)14-31(24,3)29(21)36-30/h5-6,8-9,11,14-16,18,24H,7,10,12-13H2,1-3H3/t18-,24-,31-/m1/s1. The van der Waals surface area contributed by atoms with Gasteiger partial charge >= 0.3 is 0 Å². The average Bonchev–Trinajstić information content (AvgIpc) is 2.90. The fourth-order valence-corrected chi connectivity index (χ4v) is 6.57. The molecule has 0 bridgehead atoms. The van der Waals surface area contributed by atoms with E-state index in [4.69, 9.17) is 16.5 Å². The Kier molecular flexibility index (Phi) is 5.41. The zero-order valence-corrected chi connectivity index (χ0v) is 21.2. The summed E-state index contributed by atoms with van der Waals surface area (Å²) in [6, 6.07) is 6.71. The lowest BCUT2D eigenvalue weighted by molar-refractivity contribution is -0.121. The van der Waals surface area contributed by atoms with Crippen LogP contribution in [0.2, 0.25) is 0 Å².